The maximum atomic E-state index is 10.9. The van der Waals surface area contributed by atoms with Crippen LogP contribution in [0.1, 0.15) is 39.2 Å². The van der Waals surface area contributed by atoms with E-state index in [1.54, 1.807) is 12.1 Å². The third-order valence-corrected chi connectivity index (χ3v) is 2.74. The molecule has 0 saturated carbocycles. The van der Waals surface area contributed by atoms with Crippen LogP contribution in [0, 0.1) is 10.1 Å². The minimum Gasteiger partial charge on any atom is -0.484 e. The standard InChI is InChI=1S/C14H22N2O3/c1-4-5-12(15)8-11-6-7-13(16(17)18)14(9-11)19-10(2)3/h6-7,9-10,12H,4-5,8,15H2,1-3H3. The van der Waals surface area contributed by atoms with Gasteiger partial charge in [0.25, 0.3) is 0 Å². The Labute approximate surface area is 113 Å². The van der Waals surface area contributed by atoms with Gasteiger partial charge >= 0.3 is 5.69 Å². The van der Waals surface area contributed by atoms with E-state index in [-0.39, 0.29) is 17.8 Å². The van der Waals surface area contributed by atoms with E-state index in [1.165, 1.54) is 6.07 Å². The fraction of sp³-hybridized carbons (Fsp3) is 0.571. The van der Waals surface area contributed by atoms with E-state index in [9.17, 15) is 10.1 Å². The average molecular weight is 266 g/mol. The highest BCUT2D eigenvalue weighted by Crippen LogP contribution is 2.29. The second-order valence-corrected chi connectivity index (χ2v) is 4.98. The van der Waals surface area contributed by atoms with E-state index in [2.05, 4.69) is 6.92 Å². The zero-order valence-corrected chi connectivity index (χ0v) is 11.8. The first-order valence-corrected chi connectivity index (χ1v) is 6.63. The van der Waals surface area contributed by atoms with Gasteiger partial charge in [-0.05, 0) is 38.3 Å². The average Bonchev–Trinajstić information content (AvgIpc) is 2.28. The van der Waals surface area contributed by atoms with Crippen LogP contribution >= 0.6 is 0 Å². The van der Waals surface area contributed by atoms with Crippen molar-refractivity contribution in [1.82, 2.24) is 0 Å². The molecule has 1 aromatic carbocycles. The molecule has 0 spiro atoms. The first-order chi connectivity index (χ1) is 8.93. The maximum Gasteiger partial charge on any atom is 0.310 e. The topological polar surface area (TPSA) is 78.4 Å². The molecule has 0 aliphatic carbocycles. The molecule has 0 aromatic heterocycles. The zero-order chi connectivity index (χ0) is 14.4. The monoisotopic (exact) mass is 266 g/mol. The third kappa shape index (κ3) is 4.87. The summed E-state index contributed by atoms with van der Waals surface area (Å²) in [5.41, 5.74) is 6.97. The predicted molar refractivity (Wildman–Crippen MR) is 75.4 cm³/mol. The summed E-state index contributed by atoms with van der Waals surface area (Å²) in [5.74, 6) is 0.321. The van der Waals surface area contributed by atoms with E-state index in [1.807, 2.05) is 13.8 Å². The fourth-order valence-corrected chi connectivity index (χ4v) is 1.96. The normalized spacial score (nSPS) is 12.5. The van der Waals surface area contributed by atoms with Crippen LogP contribution < -0.4 is 10.5 Å². The highest BCUT2D eigenvalue weighted by Gasteiger charge is 2.17. The van der Waals surface area contributed by atoms with Crippen molar-refractivity contribution in [2.75, 3.05) is 0 Å². The first kappa shape index (κ1) is 15.4. The SMILES string of the molecule is CCCC(N)Cc1ccc([N+](=O)[O-])c(OC(C)C)c1. The summed E-state index contributed by atoms with van der Waals surface area (Å²) in [6.45, 7) is 5.78. The molecule has 1 rings (SSSR count). The molecule has 19 heavy (non-hydrogen) atoms. The van der Waals surface area contributed by atoms with Crippen LogP contribution in [0.4, 0.5) is 5.69 Å². The van der Waals surface area contributed by atoms with Crippen LogP contribution in [0.25, 0.3) is 0 Å². The highest BCUT2D eigenvalue weighted by atomic mass is 16.6. The van der Waals surface area contributed by atoms with Crippen LogP contribution in [-0.4, -0.2) is 17.1 Å². The molecule has 0 fully saturated rings. The lowest BCUT2D eigenvalue weighted by Gasteiger charge is -2.13. The molecule has 1 unspecified atom stereocenters. The van der Waals surface area contributed by atoms with Crippen LogP contribution in [0.2, 0.25) is 0 Å². The van der Waals surface area contributed by atoms with Crippen LogP contribution in [0.3, 0.4) is 0 Å². The van der Waals surface area contributed by atoms with E-state index < -0.39 is 4.92 Å². The lowest BCUT2D eigenvalue weighted by molar-refractivity contribution is -0.386. The van der Waals surface area contributed by atoms with Crippen LogP contribution in [-0.2, 0) is 6.42 Å². The van der Waals surface area contributed by atoms with Gasteiger partial charge in [0.05, 0.1) is 11.0 Å². The van der Waals surface area contributed by atoms with E-state index in [0.717, 1.165) is 18.4 Å². The number of nitrogens with two attached hydrogens (primary N) is 1. The van der Waals surface area contributed by atoms with Crippen molar-refractivity contribution in [3.63, 3.8) is 0 Å². The second kappa shape index (κ2) is 7.09. The Hall–Kier alpha value is -1.62. The minimum absolute atomic E-state index is 0.00140. The van der Waals surface area contributed by atoms with Gasteiger partial charge in [0.1, 0.15) is 0 Å². The molecule has 0 amide bonds. The van der Waals surface area contributed by atoms with Gasteiger partial charge in [-0.2, -0.15) is 0 Å². The molecule has 5 nitrogen and oxygen atoms in total. The number of ether oxygens (including phenoxy) is 1. The van der Waals surface area contributed by atoms with Crippen LogP contribution in [0.15, 0.2) is 18.2 Å². The molecule has 1 atom stereocenters. The van der Waals surface area contributed by atoms with Gasteiger partial charge in [0.2, 0.25) is 0 Å². The molecule has 2 N–H and O–H groups in total. The number of benzene rings is 1. The molecule has 5 heteroatoms. The lowest BCUT2D eigenvalue weighted by Crippen LogP contribution is -2.22. The van der Waals surface area contributed by atoms with Crippen molar-refractivity contribution in [1.29, 1.82) is 0 Å². The summed E-state index contributed by atoms with van der Waals surface area (Å²) in [5, 5.41) is 10.9. The molecule has 0 heterocycles. The molecule has 0 bridgehead atoms. The van der Waals surface area contributed by atoms with Crippen molar-refractivity contribution < 1.29 is 9.66 Å². The minimum atomic E-state index is -0.423. The van der Waals surface area contributed by atoms with E-state index in [4.69, 9.17) is 10.5 Å². The summed E-state index contributed by atoms with van der Waals surface area (Å²) in [6.07, 6.45) is 2.58. The summed E-state index contributed by atoms with van der Waals surface area (Å²) in [4.78, 5) is 10.5. The number of nitro benzene ring substituents is 1. The van der Waals surface area contributed by atoms with Crippen molar-refractivity contribution in [2.45, 2.75) is 52.2 Å². The molecule has 0 aliphatic rings. The number of hydrogen-bond donors (Lipinski definition) is 1. The number of nitrogens with zero attached hydrogens (tertiary/aromatic N) is 1. The Balaban J connectivity index is 2.94. The van der Waals surface area contributed by atoms with Crippen molar-refractivity contribution in [3.8, 4) is 5.75 Å². The lowest BCUT2D eigenvalue weighted by atomic mass is 10.0. The Kier molecular flexibility index (Phi) is 5.76. The van der Waals surface area contributed by atoms with Gasteiger partial charge in [-0.3, -0.25) is 10.1 Å². The molecule has 106 valence electrons. The highest BCUT2D eigenvalue weighted by molar-refractivity contribution is 5.48. The summed E-state index contributed by atoms with van der Waals surface area (Å²) in [6, 6.07) is 5.05. The Bertz CT molecular complexity index is 433. The van der Waals surface area contributed by atoms with Gasteiger partial charge in [-0.15, -0.1) is 0 Å². The summed E-state index contributed by atoms with van der Waals surface area (Å²) < 4.78 is 5.51. The van der Waals surface area contributed by atoms with Gasteiger partial charge in [0.15, 0.2) is 5.75 Å². The quantitative estimate of drug-likeness (QED) is 0.607. The van der Waals surface area contributed by atoms with Gasteiger partial charge in [-0.25, -0.2) is 0 Å². The first-order valence-electron chi connectivity index (χ1n) is 6.63. The molecule has 0 saturated heterocycles. The van der Waals surface area contributed by atoms with Crippen LogP contribution in [0.5, 0.6) is 5.75 Å². The van der Waals surface area contributed by atoms with Gasteiger partial charge in [-0.1, -0.05) is 19.4 Å². The smallest absolute Gasteiger partial charge is 0.310 e. The Morgan fingerprint density at radius 1 is 1.42 bits per heavy atom. The Morgan fingerprint density at radius 2 is 2.11 bits per heavy atom. The maximum absolute atomic E-state index is 10.9. The molecule has 0 aliphatic heterocycles. The van der Waals surface area contributed by atoms with E-state index in [0.29, 0.717) is 12.2 Å². The molecular weight excluding hydrogens is 244 g/mol. The second-order valence-electron chi connectivity index (χ2n) is 4.98. The molecule has 0 radical (unpaired) electrons. The summed E-state index contributed by atoms with van der Waals surface area (Å²) in [7, 11) is 0. The predicted octanol–water partition coefficient (Wildman–Crippen LogP) is 3.05. The fourth-order valence-electron chi connectivity index (χ4n) is 1.96. The van der Waals surface area contributed by atoms with Crippen molar-refractivity contribution in [2.24, 2.45) is 5.73 Å². The molecular formula is C14H22N2O3. The number of hydrogen-bond acceptors (Lipinski definition) is 4. The number of nitro groups is 1. The third-order valence-electron chi connectivity index (χ3n) is 2.74. The van der Waals surface area contributed by atoms with Crippen molar-refractivity contribution in [3.05, 3.63) is 33.9 Å². The van der Waals surface area contributed by atoms with Crippen molar-refractivity contribution >= 4 is 5.69 Å². The summed E-state index contributed by atoms with van der Waals surface area (Å²) >= 11 is 0. The van der Waals surface area contributed by atoms with Gasteiger partial charge < -0.3 is 10.5 Å². The largest absolute Gasteiger partial charge is 0.484 e. The van der Waals surface area contributed by atoms with Gasteiger partial charge in [0, 0.05) is 12.1 Å². The zero-order valence-electron chi connectivity index (χ0n) is 11.8. The molecule has 1 aromatic rings. The Morgan fingerprint density at radius 3 is 2.63 bits per heavy atom. The number of rotatable bonds is 7. The van der Waals surface area contributed by atoms with E-state index >= 15 is 0 Å².